The number of nitrogens with one attached hydrogen (secondary N) is 1. The van der Waals surface area contributed by atoms with Crippen molar-refractivity contribution in [1.29, 1.82) is 0 Å². The normalized spacial score (nSPS) is 14.9. The van der Waals surface area contributed by atoms with Crippen molar-refractivity contribution in [2.45, 2.75) is 24.9 Å². The van der Waals surface area contributed by atoms with Crippen molar-refractivity contribution in [3.8, 4) is 11.4 Å². The first-order chi connectivity index (χ1) is 16.5. The van der Waals surface area contributed by atoms with Crippen molar-refractivity contribution in [1.82, 2.24) is 20.4 Å². The van der Waals surface area contributed by atoms with Gasteiger partial charge in [-0.05, 0) is 35.4 Å². The molecular weight excluding hydrogens is 435 g/mol. The first-order valence-corrected chi connectivity index (χ1v) is 10.8. The van der Waals surface area contributed by atoms with Gasteiger partial charge in [-0.3, -0.25) is 9.69 Å². The van der Waals surface area contributed by atoms with Gasteiger partial charge in [0.15, 0.2) is 0 Å². The number of carbonyl (C=O) groups is 2. The van der Waals surface area contributed by atoms with Gasteiger partial charge in [0.25, 0.3) is 5.91 Å². The predicted octanol–water partition coefficient (Wildman–Crippen LogP) is 4.15. The molecule has 0 unspecified atom stereocenters. The van der Waals surface area contributed by atoms with E-state index >= 15 is 0 Å². The summed E-state index contributed by atoms with van der Waals surface area (Å²) >= 11 is 0. The Labute approximate surface area is 195 Å². The van der Waals surface area contributed by atoms with Gasteiger partial charge in [0.1, 0.15) is 17.9 Å². The van der Waals surface area contributed by atoms with Gasteiger partial charge in [-0.2, -0.15) is 4.98 Å². The number of halogens is 1. The fraction of sp³-hybridized carbons (Fsp3) is 0.154. The molecule has 0 radical (unpaired) electrons. The maximum atomic E-state index is 13.7. The summed E-state index contributed by atoms with van der Waals surface area (Å²) in [4.78, 5) is 32.0. The van der Waals surface area contributed by atoms with Crippen LogP contribution < -0.4 is 5.32 Å². The fourth-order valence-electron chi connectivity index (χ4n) is 4.18. The first kappa shape index (κ1) is 21.5. The van der Waals surface area contributed by atoms with E-state index in [4.69, 9.17) is 4.52 Å². The average Bonchev–Trinajstić information content (AvgIpc) is 3.40. The number of nitrogens with zero attached hydrogens (tertiary/aromatic N) is 3. The minimum absolute atomic E-state index is 0.109. The Kier molecular flexibility index (Phi) is 5.63. The third kappa shape index (κ3) is 4.30. The van der Waals surface area contributed by atoms with Crippen molar-refractivity contribution >= 4 is 11.9 Å². The quantitative estimate of drug-likeness (QED) is 0.422. The van der Waals surface area contributed by atoms with E-state index in [-0.39, 0.29) is 30.0 Å². The summed E-state index contributed by atoms with van der Waals surface area (Å²) in [5, 5.41) is 6.84. The number of hydrogen-bond acceptors (Lipinski definition) is 5. The molecule has 34 heavy (non-hydrogen) atoms. The molecule has 0 atom stereocenters. The third-order valence-corrected chi connectivity index (χ3v) is 5.81. The van der Waals surface area contributed by atoms with Crippen LogP contribution in [-0.2, 0) is 24.2 Å². The minimum Gasteiger partial charge on any atom is -0.337 e. The van der Waals surface area contributed by atoms with E-state index in [0.29, 0.717) is 18.4 Å². The van der Waals surface area contributed by atoms with Crippen LogP contribution in [0.4, 0.5) is 9.18 Å². The van der Waals surface area contributed by atoms with Crippen LogP contribution in [0.1, 0.15) is 17.0 Å². The van der Waals surface area contributed by atoms with Crippen LogP contribution in [0.25, 0.3) is 11.4 Å². The van der Waals surface area contributed by atoms with Crippen LogP contribution in [0.3, 0.4) is 0 Å². The van der Waals surface area contributed by atoms with Crippen LogP contribution >= 0.6 is 0 Å². The Morgan fingerprint density at radius 3 is 2.03 bits per heavy atom. The molecule has 3 aromatic carbocycles. The number of hydrogen-bond donors (Lipinski definition) is 1. The number of imide groups is 1. The molecule has 1 aliphatic heterocycles. The van der Waals surface area contributed by atoms with Crippen LogP contribution in [-0.4, -0.2) is 32.5 Å². The van der Waals surface area contributed by atoms with E-state index < -0.39 is 11.6 Å². The Morgan fingerprint density at radius 1 is 0.853 bits per heavy atom. The maximum absolute atomic E-state index is 13.7. The Bertz CT molecular complexity index is 1270. The summed E-state index contributed by atoms with van der Waals surface area (Å²) in [5.41, 5.74) is 1.30. The zero-order valence-electron chi connectivity index (χ0n) is 18.1. The molecule has 0 spiro atoms. The van der Waals surface area contributed by atoms with E-state index in [2.05, 4.69) is 15.5 Å². The molecule has 5 rings (SSSR count). The number of urea groups is 1. The molecule has 1 saturated heterocycles. The van der Waals surface area contributed by atoms with Crippen molar-refractivity contribution in [2.24, 2.45) is 0 Å². The van der Waals surface area contributed by atoms with Crippen LogP contribution in [0.5, 0.6) is 0 Å². The van der Waals surface area contributed by atoms with Crippen LogP contribution in [0.2, 0.25) is 0 Å². The molecule has 0 bridgehead atoms. The second kappa shape index (κ2) is 8.90. The van der Waals surface area contributed by atoms with Gasteiger partial charge in [-0.15, -0.1) is 0 Å². The van der Waals surface area contributed by atoms with Gasteiger partial charge >= 0.3 is 6.03 Å². The van der Waals surface area contributed by atoms with Gasteiger partial charge < -0.3 is 9.84 Å². The van der Waals surface area contributed by atoms with Crippen LogP contribution in [0, 0.1) is 5.82 Å². The SMILES string of the molecule is O=C1NC(Cc2ccccc2)(Cc2ccccc2)C(=O)N1Cc1nc(-c2ccc(F)cc2)no1. The van der Waals surface area contributed by atoms with Crippen molar-refractivity contribution in [3.63, 3.8) is 0 Å². The maximum Gasteiger partial charge on any atom is 0.325 e. The summed E-state index contributed by atoms with van der Waals surface area (Å²) in [6.07, 6.45) is 0.683. The number of carbonyl (C=O) groups excluding carboxylic acids is 2. The highest BCUT2D eigenvalue weighted by atomic mass is 19.1. The molecule has 2 heterocycles. The molecule has 1 aliphatic rings. The molecule has 1 fully saturated rings. The number of rotatable bonds is 7. The second-order valence-electron chi connectivity index (χ2n) is 8.25. The van der Waals surface area contributed by atoms with E-state index in [0.717, 1.165) is 16.0 Å². The zero-order chi connectivity index (χ0) is 23.5. The average molecular weight is 456 g/mol. The minimum atomic E-state index is -1.14. The summed E-state index contributed by atoms with van der Waals surface area (Å²) in [6, 6.07) is 24.3. The van der Waals surface area contributed by atoms with E-state index in [9.17, 15) is 14.0 Å². The number of aromatic nitrogens is 2. The lowest BCUT2D eigenvalue weighted by molar-refractivity contribution is -0.132. The molecule has 1 aromatic heterocycles. The van der Waals surface area contributed by atoms with E-state index in [1.165, 1.54) is 24.3 Å². The molecule has 0 aliphatic carbocycles. The molecule has 170 valence electrons. The zero-order valence-corrected chi connectivity index (χ0v) is 18.1. The lowest BCUT2D eigenvalue weighted by atomic mass is 9.84. The lowest BCUT2D eigenvalue weighted by Gasteiger charge is -2.27. The largest absolute Gasteiger partial charge is 0.337 e. The van der Waals surface area contributed by atoms with Gasteiger partial charge in [-0.1, -0.05) is 65.8 Å². The van der Waals surface area contributed by atoms with Crippen LogP contribution in [0.15, 0.2) is 89.5 Å². The standard InChI is InChI=1S/C26H21FN4O3/c27-21-13-11-20(12-14-21)23-28-22(34-30-23)17-31-24(32)26(29-25(31)33,15-18-7-3-1-4-8-18)16-19-9-5-2-6-10-19/h1-14H,15-17H2,(H,29,33). The summed E-state index contributed by atoms with van der Waals surface area (Å²) in [6.45, 7) is -0.163. The Hall–Kier alpha value is -4.33. The Morgan fingerprint density at radius 2 is 1.44 bits per heavy atom. The number of amides is 3. The van der Waals surface area contributed by atoms with Gasteiger partial charge in [0.05, 0.1) is 0 Å². The molecule has 0 saturated carbocycles. The van der Waals surface area contributed by atoms with E-state index in [1.807, 2.05) is 60.7 Å². The van der Waals surface area contributed by atoms with Crippen molar-refractivity contribution in [2.75, 3.05) is 0 Å². The molecular formula is C26H21FN4O3. The fourth-order valence-corrected chi connectivity index (χ4v) is 4.18. The van der Waals surface area contributed by atoms with Gasteiger partial charge in [0.2, 0.25) is 11.7 Å². The van der Waals surface area contributed by atoms with Gasteiger partial charge in [-0.25, -0.2) is 9.18 Å². The third-order valence-electron chi connectivity index (χ3n) is 5.81. The first-order valence-electron chi connectivity index (χ1n) is 10.8. The lowest BCUT2D eigenvalue weighted by Crippen LogP contribution is -2.51. The molecule has 4 aromatic rings. The van der Waals surface area contributed by atoms with E-state index in [1.54, 1.807) is 0 Å². The monoisotopic (exact) mass is 456 g/mol. The molecule has 3 amide bonds. The topological polar surface area (TPSA) is 88.3 Å². The highest BCUT2D eigenvalue weighted by molar-refractivity contribution is 6.07. The molecule has 8 heteroatoms. The smallest absolute Gasteiger partial charge is 0.325 e. The van der Waals surface area contributed by atoms with Crippen molar-refractivity contribution < 1.29 is 18.5 Å². The summed E-state index contributed by atoms with van der Waals surface area (Å²) < 4.78 is 18.5. The predicted molar refractivity (Wildman–Crippen MR) is 122 cm³/mol. The molecule has 1 N–H and O–H groups in total. The molecule has 7 nitrogen and oxygen atoms in total. The highest BCUT2D eigenvalue weighted by Crippen LogP contribution is 2.28. The van der Waals surface area contributed by atoms with Crippen molar-refractivity contribution in [3.05, 3.63) is 108 Å². The second-order valence-corrected chi connectivity index (χ2v) is 8.25. The number of benzene rings is 3. The summed E-state index contributed by atoms with van der Waals surface area (Å²) in [5.74, 6) is -0.369. The Balaban J connectivity index is 1.41. The van der Waals surface area contributed by atoms with Gasteiger partial charge in [0, 0.05) is 18.4 Å². The highest BCUT2D eigenvalue weighted by Gasteiger charge is 2.51. The summed E-state index contributed by atoms with van der Waals surface area (Å²) in [7, 11) is 0.